The van der Waals surface area contributed by atoms with Gasteiger partial charge in [-0.15, -0.1) is 0 Å². The molecule has 8 heteroatoms. The molecule has 6 rings (SSSR count). The Bertz CT molecular complexity index is 1640. The predicted molar refractivity (Wildman–Crippen MR) is 174 cm³/mol. The molecule has 45 heavy (non-hydrogen) atoms. The molecule has 1 aromatic carbocycles. The largest absolute Gasteiger partial charge is 0.321 e. The minimum atomic E-state index is -2.56. The van der Waals surface area contributed by atoms with Gasteiger partial charge < -0.3 is 5.32 Å². The molecule has 234 valence electrons. The second-order valence-corrected chi connectivity index (χ2v) is 12.3. The SMILES string of the molecule is CCC1=CC(C2=CCC3N=C(CC)C(C(=O)Nc4ccc(-c5ccc(F)cc5)nc4)=C3C2)=CC(CN2CCC(F)(F)CC2)=CC1. The Balaban J connectivity index is 1.21. The van der Waals surface area contributed by atoms with Crippen molar-refractivity contribution in [2.75, 3.05) is 25.0 Å². The van der Waals surface area contributed by atoms with Gasteiger partial charge in [0, 0.05) is 43.8 Å². The number of carbonyl (C=O) groups is 1. The van der Waals surface area contributed by atoms with Gasteiger partial charge in [-0.3, -0.25) is 19.7 Å². The first kappa shape index (κ1) is 31.0. The van der Waals surface area contributed by atoms with Gasteiger partial charge >= 0.3 is 0 Å². The zero-order chi connectivity index (χ0) is 31.6. The van der Waals surface area contributed by atoms with E-state index in [9.17, 15) is 18.0 Å². The van der Waals surface area contributed by atoms with Crippen molar-refractivity contribution >= 4 is 17.3 Å². The fourth-order valence-electron chi connectivity index (χ4n) is 6.51. The van der Waals surface area contributed by atoms with Gasteiger partial charge in [0.25, 0.3) is 11.8 Å². The Morgan fingerprint density at radius 2 is 1.80 bits per heavy atom. The Morgan fingerprint density at radius 1 is 1.02 bits per heavy atom. The van der Waals surface area contributed by atoms with E-state index >= 15 is 0 Å². The highest BCUT2D eigenvalue weighted by Crippen LogP contribution is 2.39. The van der Waals surface area contributed by atoms with Crippen LogP contribution in [0, 0.1) is 5.82 Å². The number of carbonyl (C=O) groups excluding carboxylic acids is 1. The summed E-state index contributed by atoms with van der Waals surface area (Å²) in [5, 5.41) is 3.03. The van der Waals surface area contributed by atoms with Crippen LogP contribution in [-0.2, 0) is 4.79 Å². The summed E-state index contributed by atoms with van der Waals surface area (Å²) in [5.41, 5.74) is 9.37. The van der Waals surface area contributed by atoms with E-state index in [4.69, 9.17) is 4.99 Å². The van der Waals surface area contributed by atoms with E-state index in [1.165, 1.54) is 23.3 Å². The molecule has 2 aliphatic heterocycles. The molecule has 0 saturated carbocycles. The Hall–Kier alpha value is -4.04. The molecule has 0 bridgehead atoms. The third kappa shape index (κ3) is 7.12. The summed E-state index contributed by atoms with van der Waals surface area (Å²) < 4.78 is 40.8. The molecule has 1 amide bonds. The average Bonchev–Trinajstić information content (AvgIpc) is 3.29. The summed E-state index contributed by atoms with van der Waals surface area (Å²) >= 11 is 0. The number of nitrogens with zero attached hydrogens (tertiary/aromatic N) is 3. The maximum Gasteiger partial charge on any atom is 0.257 e. The van der Waals surface area contributed by atoms with Crippen LogP contribution in [0.4, 0.5) is 18.9 Å². The molecule has 1 N–H and O–H groups in total. The van der Waals surface area contributed by atoms with E-state index in [0.29, 0.717) is 49.4 Å². The number of amides is 1. The molecule has 1 unspecified atom stereocenters. The molecule has 0 spiro atoms. The van der Waals surface area contributed by atoms with Gasteiger partial charge in [-0.1, -0.05) is 43.7 Å². The number of halogens is 3. The van der Waals surface area contributed by atoms with Crippen molar-refractivity contribution in [3.05, 3.63) is 106 Å². The highest BCUT2D eigenvalue weighted by atomic mass is 19.3. The smallest absolute Gasteiger partial charge is 0.257 e. The lowest BCUT2D eigenvalue weighted by molar-refractivity contribution is -0.112. The molecule has 3 heterocycles. The first-order valence-electron chi connectivity index (χ1n) is 15.9. The minimum absolute atomic E-state index is 0.0468. The summed E-state index contributed by atoms with van der Waals surface area (Å²) in [6.45, 7) is 5.64. The molecule has 2 aromatic rings. The first-order valence-corrected chi connectivity index (χ1v) is 15.9. The number of likely N-dealkylation sites (tertiary alicyclic amines) is 1. The molecule has 0 radical (unpaired) electrons. The van der Waals surface area contributed by atoms with E-state index in [1.807, 2.05) is 13.0 Å². The van der Waals surface area contributed by atoms with Gasteiger partial charge in [0.1, 0.15) is 5.82 Å². The number of piperidine rings is 1. The van der Waals surface area contributed by atoms with Crippen LogP contribution in [0.5, 0.6) is 0 Å². The van der Waals surface area contributed by atoms with Crippen LogP contribution in [-0.4, -0.2) is 53.1 Å². The predicted octanol–water partition coefficient (Wildman–Crippen LogP) is 8.40. The van der Waals surface area contributed by atoms with Crippen molar-refractivity contribution in [3.8, 4) is 11.3 Å². The highest BCUT2D eigenvalue weighted by Gasteiger charge is 2.35. The average molecular weight is 613 g/mol. The van der Waals surface area contributed by atoms with Crippen LogP contribution in [0.2, 0.25) is 0 Å². The van der Waals surface area contributed by atoms with E-state index < -0.39 is 5.92 Å². The molecule has 4 aliphatic rings. The van der Waals surface area contributed by atoms with Gasteiger partial charge in [0.2, 0.25) is 0 Å². The maximum absolute atomic E-state index is 13.8. The van der Waals surface area contributed by atoms with Crippen molar-refractivity contribution in [2.45, 2.75) is 70.8 Å². The molecule has 1 fully saturated rings. The van der Waals surface area contributed by atoms with Crippen LogP contribution in [0.25, 0.3) is 11.3 Å². The topological polar surface area (TPSA) is 57.6 Å². The Morgan fingerprint density at radius 3 is 2.49 bits per heavy atom. The number of aromatic nitrogens is 1. The van der Waals surface area contributed by atoms with Crippen LogP contribution < -0.4 is 5.32 Å². The Kier molecular flexibility index (Phi) is 9.04. The number of hydrogen-bond donors (Lipinski definition) is 1. The number of allylic oxidation sites excluding steroid dienone is 5. The third-order valence-corrected chi connectivity index (χ3v) is 9.16. The Labute approximate surface area is 263 Å². The first-order chi connectivity index (χ1) is 21.7. The molecule has 1 saturated heterocycles. The van der Waals surface area contributed by atoms with Crippen LogP contribution in [0.1, 0.15) is 58.8 Å². The normalized spacial score (nSPS) is 21.6. The van der Waals surface area contributed by atoms with Crippen molar-refractivity contribution in [3.63, 3.8) is 0 Å². The van der Waals surface area contributed by atoms with Crippen molar-refractivity contribution in [1.82, 2.24) is 9.88 Å². The number of benzene rings is 1. The second-order valence-electron chi connectivity index (χ2n) is 12.3. The molecule has 5 nitrogen and oxygen atoms in total. The van der Waals surface area contributed by atoms with Crippen LogP contribution in [0.15, 0.2) is 105 Å². The minimum Gasteiger partial charge on any atom is -0.321 e. The van der Waals surface area contributed by atoms with Crippen molar-refractivity contribution in [2.24, 2.45) is 4.99 Å². The summed E-state index contributed by atoms with van der Waals surface area (Å²) in [6.07, 6.45) is 14.2. The zero-order valence-electron chi connectivity index (χ0n) is 25.9. The quantitative estimate of drug-likeness (QED) is 0.326. The van der Waals surface area contributed by atoms with Gasteiger partial charge in [-0.25, -0.2) is 13.2 Å². The van der Waals surface area contributed by atoms with Crippen molar-refractivity contribution in [1.29, 1.82) is 0 Å². The van der Waals surface area contributed by atoms with Crippen LogP contribution >= 0.6 is 0 Å². The summed E-state index contributed by atoms with van der Waals surface area (Å²) in [7, 11) is 0. The summed E-state index contributed by atoms with van der Waals surface area (Å²) in [4.78, 5) is 25.3. The van der Waals surface area contributed by atoms with Gasteiger partial charge in [0.05, 0.1) is 29.2 Å². The molecule has 1 aromatic heterocycles. The molecular weight excluding hydrogens is 573 g/mol. The van der Waals surface area contributed by atoms with E-state index in [0.717, 1.165) is 47.3 Å². The number of hydrogen-bond acceptors (Lipinski definition) is 4. The monoisotopic (exact) mass is 612 g/mol. The lowest BCUT2D eigenvalue weighted by Gasteiger charge is -2.32. The number of fused-ring (bicyclic) bond motifs is 1. The fourth-order valence-corrected chi connectivity index (χ4v) is 6.51. The zero-order valence-corrected chi connectivity index (χ0v) is 25.9. The maximum atomic E-state index is 13.8. The molecule has 2 aliphatic carbocycles. The summed E-state index contributed by atoms with van der Waals surface area (Å²) in [6, 6.07) is 9.72. The van der Waals surface area contributed by atoms with E-state index in [1.54, 1.807) is 24.4 Å². The number of nitrogens with one attached hydrogen (secondary N) is 1. The number of aliphatic imine (C=N–C) groups is 1. The third-order valence-electron chi connectivity index (χ3n) is 9.16. The summed E-state index contributed by atoms with van der Waals surface area (Å²) in [5.74, 6) is -3.05. The number of anilines is 1. The number of pyridine rings is 1. The second kappa shape index (κ2) is 13.1. The lowest BCUT2D eigenvalue weighted by atomic mass is 9.83. The van der Waals surface area contributed by atoms with Crippen molar-refractivity contribution < 1.29 is 18.0 Å². The van der Waals surface area contributed by atoms with E-state index in [2.05, 4.69) is 46.4 Å². The van der Waals surface area contributed by atoms with E-state index in [-0.39, 0.29) is 30.6 Å². The standard InChI is InChI=1S/C37H39F3N4O/c1-3-24-5-6-25(23-44-17-15-37(39,40)16-18-44)20-28(19-24)27-9-13-34-31(21-27)35(32(4-2)43-34)36(45)42-30-12-14-33(41-22-30)26-7-10-29(38)11-8-26/h6-12,14,19-20,22,34H,3-5,13,15-18,21,23H2,1-2H3,(H,42,45). The number of alkyl halides is 2. The number of rotatable bonds is 8. The van der Waals surface area contributed by atoms with Gasteiger partial charge in [-0.2, -0.15) is 0 Å². The van der Waals surface area contributed by atoms with Gasteiger partial charge in [0.15, 0.2) is 0 Å². The highest BCUT2D eigenvalue weighted by molar-refractivity contribution is 6.27. The molecular formula is C37H39F3N4O. The van der Waals surface area contributed by atoms with Gasteiger partial charge in [-0.05, 0) is 90.8 Å². The van der Waals surface area contributed by atoms with Crippen LogP contribution in [0.3, 0.4) is 0 Å². The lowest BCUT2D eigenvalue weighted by Crippen LogP contribution is -2.40. The molecule has 1 atom stereocenters. The fraction of sp³-hybridized carbons (Fsp3) is 0.378.